The first-order valence-electron chi connectivity index (χ1n) is 10.2. The second-order valence-electron chi connectivity index (χ2n) is 7.44. The van der Waals surface area contributed by atoms with Crippen molar-refractivity contribution >= 4 is 0 Å². The van der Waals surface area contributed by atoms with Gasteiger partial charge in [-0.15, -0.1) is 0 Å². The predicted molar refractivity (Wildman–Crippen MR) is 116 cm³/mol. The zero-order chi connectivity index (χ0) is 19.9. The van der Waals surface area contributed by atoms with Crippen LogP contribution in [0.4, 0.5) is 0 Å². The molecule has 0 bridgehead atoms. The van der Waals surface area contributed by atoms with Gasteiger partial charge in [-0.3, -0.25) is 4.90 Å². The van der Waals surface area contributed by atoms with Gasteiger partial charge in [0.25, 0.3) is 0 Å². The number of benzene rings is 3. The molecular formula is C25H28N2O2. The summed E-state index contributed by atoms with van der Waals surface area (Å²) in [6, 6.07) is 27.7. The monoisotopic (exact) mass is 388 g/mol. The highest BCUT2D eigenvalue weighted by Gasteiger charge is 2.20. The lowest BCUT2D eigenvalue weighted by atomic mass is 9.90. The molecule has 2 N–H and O–H groups in total. The van der Waals surface area contributed by atoms with Crippen molar-refractivity contribution in [2.24, 2.45) is 5.73 Å². The largest absolute Gasteiger partial charge is 0.454 e. The summed E-state index contributed by atoms with van der Waals surface area (Å²) in [6.07, 6.45) is 0.973. The van der Waals surface area contributed by atoms with Crippen LogP contribution in [0.2, 0.25) is 0 Å². The molecule has 0 saturated carbocycles. The first kappa shape index (κ1) is 19.5. The van der Waals surface area contributed by atoms with Gasteiger partial charge in [0.15, 0.2) is 11.5 Å². The number of nitrogens with two attached hydrogens (primary N) is 1. The molecule has 0 unspecified atom stereocenters. The lowest BCUT2D eigenvalue weighted by Crippen LogP contribution is -2.31. The molecule has 0 fully saturated rings. The Kier molecular flexibility index (Phi) is 6.45. The number of nitrogens with zero attached hydrogens (tertiary/aromatic N) is 1. The quantitative estimate of drug-likeness (QED) is 0.590. The summed E-state index contributed by atoms with van der Waals surface area (Å²) in [5.41, 5.74) is 9.73. The Bertz CT molecular complexity index is 860. The smallest absolute Gasteiger partial charge is 0.231 e. The van der Waals surface area contributed by atoms with Gasteiger partial charge >= 0.3 is 0 Å². The van der Waals surface area contributed by atoms with Crippen molar-refractivity contribution in [2.45, 2.75) is 18.9 Å². The molecule has 4 heteroatoms. The average Bonchev–Trinajstić information content (AvgIpc) is 3.24. The maximum absolute atomic E-state index is 5.83. The zero-order valence-electron chi connectivity index (χ0n) is 16.7. The van der Waals surface area contributed by atoms with E-state index in [0.29, 0.717) is 19.3 Å². The van der Waals surface area contributed by atoms with Crippen molar-refractivity contribution in [1.82, 2.24) is 4.90 Å². The van der Waals surface area contributed by atoms with Gasteiger partial charge < -0.3 is 15.2 Å². The van der Waals surface area contributed by atoms with E-state index in [9.17, 15) is 0 Å². The fourth-order valence-corrected chi connectivity index (χ4v) is 3.88. The second kappa shape index (κ2) is 9.59. The van der Waals surface area contributed by atoms with E-state index < -0.39 is 0 Å². The zero-order valence-corrected chi connectivity index (χ0v) is 16.7. The summed E-state index contributed by atoms with van der Waals surface area (Å²) >= 11 is 0. The molecule has 29 heavy (non-hydrogen) atoms. The minimum absolute atomic E-state index is 0.305. The Morgan fingerprint density at radius 3 is 2.14 bits per heavy atom. The van der Waals surface area contributed by atoms with Gasteiger partial charge in [-0.25, -0.2) is 0 Å². The lowest BCUT2D eigenvalue weighted by Gasteiger charge is -2.28. The molecule has 0 aromatic heterocycles. The van der Waals surface area contributed by atoms with E-state index in [2.05, 4.69) is 77.7 Å². The highest BCUT2D eigenvalue weighted by molar-refractivity contribution is 5.44. The van der Waals surface area contributed by atoms with Crippen LogP contribution in [0.25, 0.3) is 0 Å². The Morgan fingerprint density at radius 2 is 1.48 bits per heavy atom. The van der Waals surface area contributed by atoms with Gasteiger partial charge in [0.2, 0.25) is 6.79 Å². The molecule has 4 rings (SSSR count). The molecule has 1 aliphatic rings. The van der Waals surface area contributed by atoms with Gasteiger partial charge in [0, 0.05) is 19.0 Å². The molecule has 0 aliphatic carbocycles. The van der Waals surface area contributed by atoms with Gasteiger partial charge in [-0.1, -0.05) is 66.7 Å². The van der Waals surface area contributed by atoms with Crippen molar-refractivity contribution in [1.29, 1.82) is 0 Å². The maximum atomic E-state index is 5.83. The SMILES string of the molecule is NCCCN(Cc1ccc2c(c1)OCO2)CC(c1ccccc1)c1ccccc1. The van der Waals surface area contributed by atoms with Crippen LogP contribution in [-0.4, -0.2) is 31.3 Å². The third kappa shape index (κ3) is 4.97. The van der Waals surface area contributed by atoms with Crippen LogP contribution in [0.15, 0.2) is 78.9 Å². The number of hydrogen-bond donors (Lipinski definition) is 1. The molecule has 3 aromatic rings. The third-order valence-electron chi connectivity index (χ3n) is 5.37. The summed E-state index contributed by atoms with van der Waals surface area (Å²) in [7, 11) is 0. The maximum Gasteiger partial charge on any atom is 0.231 e. The first-order valence-corrected chi connectivity index (χ1v) is 10.2. The van der Waals surface area contributed by atoms with Crippen LogP contribution in [0.3, 0.4) is 0 Å². The Hall–Kier alpha value is -2.82. The fourth-order valence-electron chi connectivity index (χ4n) is 3.88. The van der Waals surface area contributed by atoms with Crippen LogP contribution in [0.1, 0.15) is 29.0 Å². The van der Waals surface area contributed by atoms with E-state index in [4.69, 9.17) is 15.2 Å². The van der Waals surface area contributed by atoms with E-state index in [1.54, 1.807) is 0 Å². The topological polar surface area (TPSA) is 47.7 Å². The number of ether oxygens (including phenoxy) is 2. The molecule has 0 atom stereocenters. The molecule has 0 amide bonds. The summed E-state index contributed by atoms with van der Waals surface area (Å²) in [5.74, 6) is 1.97. The van der Waals surface area contributed by atoms with Gasteiger partial charge in [0.05, 0.1) is 0 Å². The standard InChI is InChI=1S/C25H28N2O2/c26-14-7-15-27(17-20-12-13-24-25(16-20)29-19-28-24)18-23(21-8-3-1-4-9-21)22-10-5-2-6-11-22/h1-6,8-13,16,23H,7,14-15,17-19,26H2. The lowest BCUT2D eigenvalue weighted by molar-refractivity contribution is 0.174. The Labute approximate surface area is 172 Å². The summed E-state index contributed by atoms with van der Waals surface area (Å²) in [5, 5.41) is 0. The molecule has 3 aromatic carbocycles. The average molecular weight is 389 g/mol. The van der Waals surface area contributed by atoms with E-state index in [1.165, 1.54) is 16.7 Å². The fraction of sp³-hybridized carbons (Fsp3) is 0.280. The van der Waals surface area contributed by atoms with Crippen molar-refractivity contribution < 1.29 is 9.47 Å². The van der Waals surface area contributed by atoms with Crippen molar-refractivity contribution in [2.75, 3.05) is 26.4 Å². The minimum Gasteiger partial charge on any atom is -0.454 e. The normalized spacial score (nSPS) is 12.7. The van der Waals surface area contributed by atoms with Gasteiger partial charge in [-0.2, -0.15) is 0 Å². The Morgan fingerprint density at radius 1 is 0.828 bits per heavy atom. The molecule has 4 nitrogen and oxygen atoms in total. The van der Waals surface area contributed by atoms with Crippen LogP contribution in [0.5, 0.6) is 11.5 Å². The number of rotatable bonds is 9. The first-order chi connectivity index (χ1) is 14.3. The van der Waals surface area contributed by atoms with Gasteiger partial charge in [-0.05, 0) is 48.3 Å². The molecule has 150 valence electrons. The molecule has 1 heterocycles. The molecule has 0 radical (unpaired) electrons. The molecule has 1 aliphatic heterocycles. The van der Waals surface area contributed by atoms with Crippen molar-refractivity contribution in [3.8, 4) is 11.5 Å². The van der Waals surface area contributed by atoms with E-state index >= 15 is 0 Å². The number of hydrogen-bond acceptors (Lipinski definition) is 4. The molecule has 0 spiro atoms. The highest BCUT2D eigenvalue weighted by Crippen LogP contribution is 2.33. The van der Waals surface area contributed by atoms with Crippen molar-refractivity contribution in [3.63, 3.8) is 0 Å². The van der Waals surface area contributed by atoms with E-state index in [0.717, 1.165) is 37.6 Å². The predicted octanol–water partition coefficient (Wildman–Crippen LogP) is 4.40. The van der Waals surface area contributed by atoms with Crippen molar-refractivity contribution in [3.05, 3.63) is 95.6 Å². The third-order valence-corrected chi connectivity index (χ3v) is 5.37. The van der Waals surface area contributed by atoms with Gasteiger partial charge in [0.1, 0.15) is 0 Å². The molecule has 0 saturated heterocycles. The second-order valence-corrected chi connectivity index (χ2v) is 7.44. The van der Waals surface area contributed by atoms with Crippen LogP contribution in [-0.2, 0) is 6.54 Å². The van der Waals surface area contributed by atoms with Crippen LogP contribution in [0, 0.1) is 0 Å². The summed E-state index contributed by atoms with van der Waals surface area (Å²) in [4.78, 5) is 2.50. The van der Waals surface area contributed by atoms with E-state index in [-0.39, 0.29) is 0 Å². The molecular weight excluding hydrogens is 360 g/mol. The summed E-state index contributed by atoms with van der Waals surface area (Å²) < 4.78 is 11.0. The van der Waals surface area contributed by atoms with Crippen LogP contribution >= 0.6 is 0 Å². The summed E-state index contributed by atoms with van der Waals surface area (Å²) in [6.45, 7) is 3.75. The van der Waals surface area contributed by atoms with Crippen LogP contribution < -0.4 is 15.2 Å². The van der Waals surface area contributed by atoms with E-state index in [1.807, 2.05) is 6.07 Å². The number of fused-ring (bicyclic) bond motifs is 1. The Balaban J connectivity index is 1.57. The minimum atomic E-state index is 0.305. The highest BCUT2D eigenvalue weighted by atomic mass is 16.7.